The zero-order valence-corrected chi connectivity index (χ0v) is 16.6. The van der Waals surface area contributed by atoms with E-state index in [2.05, 4.69) is 20.6 Å². The normalized spacial score (nSPS) is 15.2. The van der Waals surface area contributed by atoms with Gasteiger partial charge in [0.1, 0.15) is 24.0 Å². The van der Waals surface area contributed by atoms with Crippen LogP contribution < -0.4 is 30.5 Å². The summed E-state index contributed by atoms with van der Waals surface area (Å²) in [5.41, 5.74) is 1.75. The van der Waals surface area contributed by atoms with Gasteiger partial charge in [0.2, 0.25) is 5.91 Å². The summed E-state index contributed by atoms with van der Waals surface area (Å²) in [6, 6.07) is 10.9. The van der Waals surface area contributed by atoms with Gasteiger partial charge in [0.25, 0.3) is 0 Å². The molecule has 30 heavy (non-hydrogen) atoms. The van der Waals surface area contributed by atoms with Crippen LogP contribution in [0.2, 0.25) is 0 Å². The molecule has 0 aliphatic carbocycles. The third-order valence-electron chi connectivity index (χ3n) is 4.61. The van der Waals surface area contributed by atoms with Crippen molar-refractivity contribution in [3.8, 4) is 17.2 Å². The van der Waals surface area contributed by atoms with Gasteiger partial charge in [-0.25, -0.2) is 4.79 Å². The number of anilines is 1. The van der Waals surface area contributed by atoms with E-state index in [-0.39, 0.29) is 17.7 Å². The number of carbonyl (C=O) groups is 1. The maximum Gasteiger partial charge on any atom is 0.323 e. The summed E-state index contributed by atoms with van der Waals surface area (Å²) in [5.74, 6) is 1.79. The van der Waals surface area contributed by atoms with Crippen LogP contribution in [-0.2, 0) is 4.79 Å². The molecule has 4 N–H and O–H groups in total. The fourth-order valence-electron chi connectivity index (χ4n) is 3.29. The van der Waals surface area contributed by atoms with Crippen molar-refractivity contribution in [1.29, 1.82) is 0 Å². The molecule has 0 bridgehead atoms. The van der Waals surface area contributed by atoms with Crippen molar-refractivity contribution in [3.63, 3.8) is 0 Å². The van der Waals surface area contributed by atoms with Crippen molar-refractivity contribution >= 4 is 22.6 Å². The van der Waals surface area contributed by atoms with Crippen LogP contribution >= 0.6 is 0 Å². The van der Waals surface area contributed by atoms with Gasteiger partial charge >= 0.3 is 5.69 Å². The number of fused-ring (bicyclic) bond motifs is 3. The lowest BCUT2D eigenvalue weighted by molar-refractivity contribution is -0.114. The van der Waals surface area contributed by atoms with Crippen LogP contribution in [0.5, 0.6) is 17.2 Å². The number of hydrogen-bond donors (Lipinski definition) is 4. The number of carbonyl (C=O) groups excluding carboxylic acids is 1. The van der Waals surface area contributed by atoms with E-state index in [0.29, 0.717) is 53.7 Å². The molecule has 158 valence electrons. The molecular weight excluding hydrogens is 388 g/mol. The van der Waals surface area contributed by atoms with E-state index in [4.69, 9.17) is 14.2 Å². The van der Waals surface area contributed by atoms with E-state index in [1.165, 1.54) is 6.92 Å². The Bertz CT molecular complexity index is 1090. The van der Waals surface area contributed by atoms with Crippen LogP contribution in [0.15, 0.2) is 41.2 Å². The molecule has 0 radical (unpaired) electrons. The summed E-state index contributed by atoms with van der Waals surface area (Å²) in [7, 11) is 0. The first-order valence-electron chi connectivity index (χ1n) is 9.84. The Morgan fingerprint density at radius 2 is 2.17 bits per heavy atom. The Balaban J connectivity index is 1.20. The molecule has 0 saturated heterocycles. The maximum atomic E-state index is 11.5. The maximum absolute atomic E-state index is 11.5. The van der Waals surface area contributed by atoms with Crippen LogP contribution in [0.1, 0.15) is 13.3 Å². The lowest BCUT2D eigenvalue weighted by Gasteiger charge is -2.27. The number of amides is 1. The SMILES string of the molecule is CC(=O)Nc1cccc(OCCCNCC2COc3ccc4[nH]c(=O)[nH]c4c3O2)c1. The van der Waals surface area contributed by atoms with Gasteiger partial charge in [-0.15, -0.1) is 0 Å². The Morgan fingerprint density at radius 1 is 1.27 bits per heavy atom. The number of aromatic nitrogens is 2. The number of hydrogen-bond acceptors (Lipinski definition) is 6. The third-order valence-corrected chi connectivity index (χ3v) is 4.61. The first-order valence-corrected chi connectivity index (χ1v) is 9.84. The van der Waals surface area contributed by atoms with E-state index in [1.807, 2.05) is 18.2 Å². The minimum Gasteiger partial charge on any atom is -0.493 e. The van der Waals surface area contributed by atoms with Gasteiger partial charge in [0.05, 0.1) is 12.1 Å². The number of imidazole rings is 1. The molecule has 4 rings (SSSR count). The topological polar surface area (TPSA) is 117 Å². The zero-order valence-electron chi connectivity index (χ0n) is 16.6. The van der Waals surface area contributed by atoms with E-state index in [9.17, 15) is 9.59 Å². The van der Waals surface area contributed by atoms with Crippen molar-refractivity contribution in [2.75, 3.05) is 31.6 Å². The van der Waals surface area contributed by atoms with E-state index in [0.717, 1.165) is 13.0 Å². The fraction of sp³-hybridized carbons (Fsp3) is 0.333. The van der Waals surface area contributed by atoms with Gasteiger partial charge in [-0.3, -0.25) is 4.79 Å². The molecule has 2 heterocycles. The molecule has 1 aliphatic heterocycles. The van der Waals surface area contributed by atoms with Gasteiger partial charge < -0.3 is 34.8 Å². The van der Waals surface area contributed by atoms with Gasteiger partial charge in [-0.05, 0) is 37.2 Å². The molecule has 0 saturated carbocycles. The lowest BCUT2D eigenvalue weighted by Crippen LogP contribution is -2.39. The second-order valence-corrected chi connectivity index (χ2v) is 7.06. The zero-order chi connectivity index (χ0) is 20.9. The smallest absolute Gasteiger partial charge is 0.323 e. The van der Waals surface area contributed by atoms with Crippen LogP contribution in [0.3, 0.4) is 0 Å². The molecule has 1 amide bonds. The number of benzene rings is 2. The number of aromatic amines is 2. The van der Waals surface area contributed by atoms with Crippen molar-refractivity contribution in [3.05, 3.63) is 46.9 Å². The molecule has 1 atom stereocenters. The predicted octanol–water partition coefficient (Wildman–Crippen LogP) is 2.01. The number of nitrogens with one attached hydrogen (secondary N) is 4. The second-order valence-electron chi connectivity index (χ2n) is 7.06. The fourth-order valence-corrected chi connectivity index (χ4v) is 3.29. The number of rotatable bonds is 8. The van der Waals surface area contributed by atoms with Crippen molar-refractivity contribution in [1.82, 2.24) is 15.3 Å². The first-order chi connectivity index (χ1) is 14.6. The summed E-state index contributed by atoms with van der Waals surface area (Å²) in [5, 5.41) is 6.07. The Kier molecular flexibility index (Phi) is 5.89. The predicted molar refractivity (Wildman–Crippen MR) is 113 cm³/mol. The van der Waals surface area contributed by atoms with E-state index in [1.54, 1.807) is 18.2 Å². The van der Waals surface area contributed by atoms with Gasteiger partial charge in [0, 0.05) is 25.2 Å². The van der Waals surface area contributed by atoms with Crippen molar-refractivity contribution < 1.29 is 19.0 Å². The second kappa shape index (κ2) is 8.91. The lowest BCUT2D eigenvalue weighted by atomic mass is 10.2. The summed E-state index contributed by atoms with van der Waals surface area (Å²) in [6.07, 6.45) is 0.654. The highest BCUT2D eigenvalue weighted by molar-refractivity contribution is 5.88. The molecule has 0 spiro atoms. The molecule has 9 heteroatoms. The van der Waals surface area contributed by atoms with Crippen molar-refractivity contribution in [2.45, 2.75) is 19.4 Å². The third kappa shape index (κ3) is 4.74. The Hall–Kier alpha value is -3.46. The quantitative estimate of drug-likeness (QED) is 0.421. The largest absolute Gasteiger partial charge is 0.493 e. The van der Waals surface area contributed by atoms with Gasteiger partial charge in [0.15, 0.2) is 11.5 Å². The van der Waals surface area contributed by atoms with Crippen LogP contribution in [-0.4, -0.2) is 48.3 Å². The first kappa shape index (κ1) is 19.8. The molecule has 1 unspecified atom stereocenters. The van der Waals surface area contributed by atoms with Crippen molar-refractivity contribution in [2.24, 2.45) is 0 Å². The molecule has 1 aliphatic rings. The minimum atomic E-state index is -0.273. The van der Waals surface area contributed by atoms with E-state index >= 15 is 0 Å². The highest BCUT2D eigenvalue weighted by atomic mass is 16.6. The molecule has 3 aromatic rings. The van der Waals surface area contributed by atoms with Crippen LogP contribution in [0.4, 0.5) is 5.69 Å². The summed E-state index contributed by atoms with van der Waals surface area (Å²) < 4.78 is 17.5. The number of ether oxygens (including phenoxy) is 3. The summed E-state index contributed by atoms with van der Waals surface area (Å²) >= 11 is 0. The molecule has 0 fully saturated rings. The molecule has 1 aromatic heterocycles. The minimum absolute atomic E-state index is 0.114. The molecular formula is C21H24N4O5. The highest BCUT2D eigenvalue weighted by Gasteiger charge is 2.23. The molecule has 9 nitrogen and oxygen atoms in total. The van der Waals surface area contributed by atoms with E-state index < -0.39 is 0 Å². The van der Waals surface area contributed by atoms with Crippen LogP contribution in [0, 0.1) is 0 Å². The average Bonchev–Trinajstić information content (AvgIpc) is 3.11. The Morgan fingerprint density at radius 3 is 3.03 bits per heavy atom. The highest BCUT2D eigenvalue weighted by Crippen LogP contribution is 2.36. The Labute approximate surface area is 172 Å². The standard InChI is InChI=1S/C21H24N4O5/c1-13(26)23-14-4-2-5-15(10-14)28-9-3-8-22-11-16-12-29-18-7-6-17-19(20(18)30-16)25-21(27)24-17/h2,4-7,10,16,22H,3,8-9,11-12H2,1H3,(H,23,26)(H2,24,25,27). The van der Waals surface area contributed by atoms with Crippen LogP contribution in [0.25, 0.3) is 11.0 Å². The van der Waals surface area contributed by atoms with Gasteiger partial charge in [-0.1, -0.05) is 6.07 Å². The summed E-state index contributed by atoms with van der Waals surface area (Å²) in [6.45, 7) is 3.82. The summed E-state index contributed by atoms with van der Waals surface area (Å²) in [4.78, 5) is 28.1. The van der Waals surface area contributed by atoms with Gasteiger partial charge in [-0.2, -0.15) is 0 Å². The molecule has 2 aromatic carbocycles. The monoisotopic (exact) mass is 412 g/mol. The number of H-pyrrole nitrogens is 2. The average molecular weight is 412 g/mol.